The van der Waals surface area contributed by atoms with Crippen molar-refractivity contribution in [3.63, 3.8) is 0 Å². The maximum Gasteiger partial charge on any atom is 0.275 e. The molecule has 2 heterocycles. The molecule has 0 saturated heterocycles. The summed E-state index contributed by atoms with van der Waals surface area (Å²) in [5, 5.41) is 2.81. The molecule has 1 aliphatic heterocycles. The van der Waals surface area contributed by atoms with Crippen LogP contribution in [-0.2, 0) is 4.74 Å². The average Bonchev–Trinajstić information content (AvgIpc) is 2.84. The maximum absolute atomic E-state index is 13.3. The van der Waals surface area contributed by atoms with Crippen LogP contribution in [0.4, 0.5) is 5.69 Å². The molecule has 2 aromatic rings. The van der Waals surface area contributed by atoms with Crippen molar-refractivity contribution < 1.29 is 19.1 Å². The van der Waals surface area contributed by atoms with Crippen molar-refractivity contribution in [2.24, 2.45) is 5.92 Å². The van der Waals surface area contributed by atoms with Gasteiger partial charge in [0.2, 0.25) is 0 Å². The molecular formula is C25H35N5O4. The van der Waals surface area contributed by atoms with E-state index in [-0.39, 0.29) is 35.6 Å². The molecule has 0 fully saturated rings. The van der Waals surface area contributed by atoms with Crippen LogP contribution >= 0.6 is 0 Å². The van der Waals surface area contributed by atoms with Gasteiger partial charge < -0.3 is 19.7 Å². The SMILES string of the molecule is CCCN1C[C@@H](C)[C@H](OC)CN(C)C(=O)c2ccc(NC(=O)c3cnccn3)cc2OC[C@@H]1C. The number of likely N-dealkylation sites (N-methyl/N-ethyl adjacent to an activating group) is 1. The minimum absolute atomic E-state index is 0.0881. The number of carbonyl (C=O) groups is 2. The van der Waals surface area contributed by atoms with Crippen LogP contribution in [0.2, 0.25) is 0 Å². The fourth-order valence-electron chi connectivity index (χ4n) is 4.14. The van der Waals surface area contributed by atoms with Crippen molar-refractivity contribution in [3.05, 3.63) is 48.0 Å². The largest absolute Gasteiger partial charge is 0.491 e. The standard InChI is InChI=1S/C25H35N5O4/c1-6-11-30-14-17(2)23(33-5)15-29(4)25(32)20-8-7-19(12-22(20)34-16-18(30)3)28-24(31)21-13-26-9-10-27-21/h7-10,12-13,17-18,23H,6,11,14-16H2,1-5H3,(H,28,31)/t17-,18+,23-/m1/s1. The Morgan fingerprint density at radius 1 is 1.26 bits per heavy atom. The lowest BCUT2D eigenvalue weighted by Crippen LogP contribution is -2.46. The number of hydrogen-bond donors (Lipinski definition) is 1. The second-order valence-corrected chi connectivity index (χ2v) is 8.85. The lowest BCUT2D eigenvalue weighted by atomic mass is 10.0. The van der Waals surface area contributed by atoms with Gasteiger partial charge in [-0.15, -0.1) is 0 Å². The molecule has 0 unspecified atom stereocenters. The number of carbonyl (C=O) groups excluding carboxylic acids is 2. The molecule has 0 radical (unpaired) electrons. The van der Waals surface area contributed by atoms with E-state index in [9.17, 15) is 9.59 Å². The maximum atomic E-state index is 13.3. The second kappa shape index (κ2) is 11.9. The summed E-state index contributed by atoms with van der Waals surface area (Å²) in [4.78, 5) is 37.8. The van der Waals surface area contributed by atoms with E-state index in [1.807, 2.05) is 0 Å². The summed E-state index contributed by atoms with van der Waals surface area (Å²) >= 11 is 0. The minimum atomic E-state index is -0.385. The molecule has 3 rings (SSSR count). The van der Waals surface area contributed by atoms with Gasteiger partial charge in [0.05, 0.1) is 17.9 Å². The molecule has 9 nitrogen and oxygen atoms in total. The zero-order chi connectivity index (χ0) is 24.7. The van der Waals surface area contributed by atoms with Crippen LogP contribution in [0.1, 0.15) is 48.0 Å². The molecule has 1 N–H and O–H groups in total. The van der Waals surface area contributed by atoms with Crippen molar-refractivity contribution >= 4 is 17.5 Å². The monoisotopic (exact) mass is 469 g/mol. The van der Waals surface area contributed by atoms with E-state index in [2.05, 4.69) is 41.0 Å². The van der Waals surface area contributed by atoms with Crippen LogP contribution in [0.25, 0.3) is 0 Å². The summed E-state index contributed by atoms with van der Waals surface area (Å²) in [6.45, 7) is 9.13. The first-order valence-corrected chi connectivity index (χ1v) is 11.7. The van der Waals surface area contributed by atoms with E-state index in [1.54, 1.807) is 37.3 Å². The first-order chi connectivity index (χ1) is 16.3. The molecule has 0 spiro atoms. The molecular weight excluding hydrogens is 434 g/mol. The Balaban J connectivity index is 1.91. The number of anilines is 1. The molecule has 184 valence electrons. The summed E-state index contributed by atoms with van der Waals surface area (Å²) < 4.78 is 12.0. The smallest absolute Gasteiger partial charge is 0.275 e. The molecule has 3 atom stereocenters. The summed E-state index contributed by atoms with van der Waals surface area (Å²) in [6.07, 6.45) is 5.31. The van der Waals surface area contributed by atoms with Crippen molar-refractivity contribution in [1.29, 1.82) is 0 Å². The number of methoxy groups -OCH3 is 1. The number of nitrogens with one attached hydrogen (secondary N) is 1. The molecule has 34 heavy (non-hydrogen) atoms. The van der Waals surface area contributed by atoms with E-state index >= 15 is 0 Å². The highest BCUT2D eigenvalue weighted by Crippen LogP contribution is 2.27. The first kappa shape index (κ1) is 25.6. The molecule has 1 aliphatic rings. The fourth-order valence-corrected chi connectivity index (χ4v) is 4.14. The normalized spacial score (nSPS) is 22.2. The Kier molecular flexibility index (Phi) is 8.95. The third-order valence-corrected chi connectivity index (χ3v) is 6.14. The zero-order valence-corrected chi connectivity index (χ0v) is 20.7. The van der Waals surface area contributed by atoms with Gasteiger partial charge in [0.1, 0.15) is 18.1 Å². The minimum Gasteiger partial charge on any atom is -0.491 e. The van der Waals surface area contributed by atoms with Crippen molar-refractivity contribution in [3.8, 4) is 5.75 Å². The van der Waals surface area contributed by atoms with Crippen molar-refractivity contribution in [2.75, 3.05) is 45.7 Å². The molecule has 1 aromatic heterocycles. The summed E-state index contributed by atoms with van der Waals surface area (Å²) in [6, 6.07) is 5.20. The first-order valence-electron chi connectivity index (χ1n) is 11.7. The average molecular weight is 470 g/mol. The van der Waals surface area contributed by atoms with Crippen LogP contribution < -0.4 is 10.1 Å². The Labute approximate surface area is 201 Å². The number of benzene rings is 1. The van der Waals surface area contributed by atoms with E-state index in [0.29, 0.717) is 30.2 Å². The predicted molar refractivity (Wildman–Crippen MR) is 130 cm³/mol. The molecule has 0 aliphatic carbocycles. The van der Waals surface area contributed by atoms with Crippen LogP contribution in [-0.4, -0.2) is 84.1 Å². The van der Waals surface area contributed by atoms with Gasteiger partial charge in [0.25, 0.3) is 11.8 Å². The highest BCUT2D eigenvalue weighted by Gasteiger charge is 2.28. The van der Waals surface area contributed by atoms with Gasteiger partial charge in [-0.2, -0.15) is 0 Å². The summed E-state index contributed by atoms with van der Waals surface area (Å²) in [5.74, 6) is 0.130. The van der Waals surface area contributed by atoms with Gasteiger partial charge in [0.15, 0.2) is 0 Å². The van der Waals surface area contributed by atoms with Crippen LogP contribution in [0, 0.1) is 5.92 Å². The van der Waals surface area contributed by atoms with Crippen molar-refractivity contribution in [1.82, 2.24) is 19.8 Å². The number of amides is 2. The quantitative estimate of drug-likeness (QED) is 0.719. The van der Waals surface area contributed by atoms with Gasteiger partial charge >= 0.3 is 0 Å². The molecule has 2 amide bonds. The van der Waals surface area contributed by atoms with Crippen LogP contribution in [0.5, 0.6) is 5.75 Å². The highest BCUT2D eigenvalue weighted by atomic mass is 16.5. The van der Waals surface area contributed by atoms with E-state index in [4.69, 9.17) is 9.47 Å². The van der Waals surface area contributed by atoms with Gasteiger partial charge in [0, 0.05) is 57.4 Å². The zero-order valence-electron chi connectivity index (χ0n) is 20.7. The number of hydrogen-bond acceptors (Lipinski definition) is 7. The summed E-state index contributed by atoms with van der Waals surface area (Å²) in [5.41, 5.74) is 1.16. The number of aromatic nitrogens is 2. The lowest BCUT2D eigenvalue weighted by molar-refractivity contribution is 0.0108. The number of nitrogens with zero attached hydrogens (tertiary/aromatic N) is 4. The number of ether oxygens (including phenoxy) is 2. The second-order valence-electron chi connectivity index (χ2n) is 8.85. The topological polar surface area (TPSA) is 96.9 Å². The van der Waals surface area contributed by atoms with Crippen LogP contribution in [0.3, 0.4) is 0 Å². The number of fused-ring (bicyclic) bond motifs is 1. The van der Waals surface area contributed by atoms with Gasteiger partial charge in [-0.05, 0) is 37.9 Å². The summed E-state index contributed by atoms with van der Waals surface area (Å²) in [7, 11) is 3.47. The fraction of sp³-hybridized carbons (Fsp3) is 0.520. The predicted octanol–water partition coefficient (Wildman–Crippen LogP) is 2.94. The van der Waals surface area contributed by atoms with Crippen LogP contribution in [0.15, 0.2) is 36.8 Å². The third kappa shape index (κ3) is 6.30. The Hall–Kier alpha value is -3.04. The molecule has 0 bridgehead atoms. The van der Waals surface area contributed by atoms with E-state index in [1.165, 1.54) is 18.6 Å². The van der Waals surface area contributed by atoms with Crippen molar-refractivity contribution in [2.45, 2.75) is 39.3 Å². The highest BCUT2D eigenvalue weighted by molar-refractivity contribution is 6.03. The Morgan fingerprint density at radius 3 is 2.74 bits per heavy atom. The van der Waals surface area contributed by atoms with Gasteiger partial charge in [-0.1, -0.05) is 13.8 Å². The van der Waals surface area contributed by atoms with Gasteiger partial charge in [-0.25, -0.2) is 4.98 Å². The van der Waals surface area contributed by atoms with Gasteiger partial charge in [-0.3, -0.25) is 19.5 Å². The van der Waals surface area contributed by atoms with E-state index < -0.39 is 0 Å². The lowest BCUT2D eigenvalue weighted by Gasteiger charge is -2.35. The van der Waals surface area contributed by atoms with E-state index in [0.717, 1.165) is 19.5 Å². The molecule has 0 saturated carbocycles. The molecule has 1 aromatic carbocycles. The Bertz CT molecular complexity index is 971. The number of rotatable bonds is 5. The molecule has 9 heteroatoms. The Morgan fingerprint density at radius 2 is 2.06 bits per heavy atom. The third-order valence-electron chi connectivity index (χ3n) is 6.14.